The van der Waals surface area contributed by atoms with Crippen LogP contribution >= 0.6 is 0 Å². The van der Waals surface area contributed by atoms with E-state index in [9.17, 15) is 14.0 Å². The molecule has 0 atom stereocenters. The lowest BCUT2D eigenvalue weighted by atomic mass is 9.80. The Morgan fingerprint density at radius 2 is 1.31 bits per heavy atom. The number of rotatable bonds is 10. The first-order valence-corrected chi connectivity index (χ1v) is 15.2. The molecule has 0 amide bonds. The summed E-state index contributed by atoms with van der Waals surface area (Å²) >= 11 is 0. The molecule has 0 aliphatic carbocycles. The van der Waals surface area contributed by atoms with E-state index < -0.39 is 40.0 Å². The predicted octanol–water partition coefficient (Wildman–Crippen LogP) is 8.61. The van der Waals surface area contributed by atoms with Crippen LogP contribution in [-0.2, 0) is 15.1 Å². The fourth-order valence-electron chi connectivity index (χ4n) is 5.89. The van der Waals surface area contributed by atoms with Gasteiger partial charge in [-0.05, 0) is 53.5 Å². The number of carbonyl (C=O) groups is 1. The van der Waals surface area contributed by atoms with E-state index >= 15 is 8.78 Å². The molecule has 0 unspecified atom stereocenters. The van der Waals surface area contributed by atoms with Crippen LogP contribution in [0.1, 0.15) is 39.5 Å². The Kier molecular flexibility index (Phi) is 9.10. The molecular formula is C40H30F3NO4. The molecule has 0 fully saturated rings. The van der Waals surface area contributed by atoms with Gasteiger partial charge in [0.05, 0.1) is 24.4 Å². The minimum atomic E-state index is -1.12. The van der Waals surface area contributed by atoms with Crippen LogP contribution in [0.25, 0.3) is 22.2 Å². The molecule has 6 aromatic rings. The lowest BCUT2D eigenvalue weighted by Gasteiger charge is -2.36. The van der Waals surface area contributed by atoms with E-state index in [1.807, 2.05) is 91.0 Å². The summed E-state index contributed by atoms with van der Waals surface area (Å²) in [6, 6.07) is 34.1. The first-order chi connectivity index (χ1) is 23.2. The van der Waals surface area contributed by atoms with Gasteiger partial charge in [-0.15, -0.1) is 0 Å². The molecule has 0 saturated heterocycles. The predicted molar refractivity (Wildman–Crippen MR) is 180 cm³/mol. The van der Waals surface area contributed by atoms with Gasteiger partial charge in [-0.2, -0.15) is 0 Å². The lowest BCUT2D eigenvalue weighted by molar-refractivity contribution is 0.0355. The van der Waals surface area contributed by atoms with Crippen LogP contribution < -0.4 is 5.43 Å². The number of ether oxygens (including phenoxy) is 2. The molecule has 0 saturated carbocycles. The number of benzene rings is 5. The summed E-state index contributed by atoms with van der Waals surface area (Å²) in [5.74, 6) is -3.53. The van der Waals surface area contributed by atoms with E-state index in [1.54, 1.807) is 6.92 Å². The maximum atomic E-state index is 16.0. The molecule has 0 aliphatic heterocycles. The average molecular weight is 646 g/mol. The monoisotopic (exact) mass is 645 g/mol. The standard InChI is InChI=1S/C40H30F3NO4/c1-3-47-39(46)33-24-44(36-20-19-30(41)21-35(36)43)37-23-31(34(42)22-32(37)38(33)45)26(2)25-48-40(27-13-7-4-8-14-27,28-15-9-5-10-16-28)29-17-11-6-12-18-29/h4-24H,2-3,25H2,1H3. The Labute approximate surface area is 275 Å². The van der Waals surface area contributed by atoms with Crippen molar-refractivity contribution in [1.82, 2.24) is 4.57 Å². The van der Waals surface area contributed by atoms with E-state index in [4.69, 9.17) is 9.47 Å². The Morgan fingerprint density at radius 1 is 0.750 bits per heavy atom. The van der Waals surface area contributed by atoms with Gasteiger partial charge in [0.1, 0.15) is 28.6 Å². The topological polar surface area (TPSA) is 57.5 Å². The van der Waals surface area contributed by atoms with E-state index in [-0.39, 0.29) is 40.9 Å². The zero-order valence-corrected chi connectivity index (χ0v) is 26.0. The fraction of sp³-hybridized carbons (Fsp3) is 0.100. The van der Waals surface area contributed by atoms with Gasteiger partial charge in [-0.25, -0.2) is 18.0 Å². The van der Waals surface area contributed by atoms with Crippen molar-refractivity contribution in [2.24, 2.45) is 0 Å². The highest BCUT2D eigenvalue weighted by molar-refractivity contribution is 5.95. The molecule has 5 nitrogen and oxygen atoms in total. The van der Waals surface area contributed by atoms with Gasteiger partial charge >= 0.3 is 5.97 Å². The third kappa shape index (κ3) is 5.94. The molecule has 1 aromatic heterocycles. The third-order valence-corrected chi connectivity index (χ3v) is 8.14. The third-order valence-electron chi connectivity index (χ3n) is 8.14. The van der Waals surface area contributed by atoms with Crippen molar-refractivity contribution in [3.8, 4) is 5.69 Å². The summed E-state index contributed by atoms with van der Waals surface area (Å²) in [5, 5.41) is -0.202. The minimum Gasteiger partial charge on any atom is -0.462 e. The molecular weight excluding hydrogens is 615 g/mol. The molecule has 0 aliphatic rings. The van der Waals surface area contributed by atoms with E-state index in [2.05, 4.69) is 6.58 Å². The summed E-state index contributed by atoms with van der Waals surface area (Å²) < 4.78 is 58.1. The summed E-state index contributed by atoms with van der Waals surface area (Å²) in [5.41, 5.74) is 0.294. The maximum absolute atomic E-state index is 16.0. The summed E-state index contributed by atoms with van der Waals surface area (Å²) in [6.45, 7) is 5.54. The van der Waals surface area contributed by atoms with Crippen molar-refractivity contribution >= 4 is 22.4 Å². The van der Waals surface area contributed by atoms with Crippen LogP contribution in [0.15, 0.2) is 139 Å². The van der Waals surface area contributed by atoms with Crippen molar-refractivity contribution in [2.75, 3.05) is 13.2 Å². The zero-order valence-electron chi connectivity index (χ0n) is 26.0. The van der Waals surface area contributed by atoms with E-state index in [0.717, 1.165) is 35.0 Å². The van der Waals surface area contributed by atoms with E-state index in [0.29, 0.717) is 6.07 Å². The quantitative estimate of drug-likeness (QED) is 0.111. The first-order valence-electron chi connectivity index (χ1n) is 15.2. The van der Waals surface area contributed by atoms with Crippen LogP contribution in [0.2, 0.25) is 0 Å². The van der Waals surface area contributed by atoms with Crippen LogP contribution in [0.4, 0.5) is 13.2 Å². The normalized spacial score (nSPS) is 11.4. The van der Waals surface area contributed by atoms with Gasteiger partial charge in [0.2, 0.25) is 5.43 Å². The molecule has 5 aromatic carbocycles. The summed E-state index contributed by atoms with van der Waals surface area (Å²) in [6.07, 6.45) is 1.12. The number of hydrogen-bond donors (Lipinski definition) is 0. The number of esters is 1. The number of carbonyl (C=O) groups excluding carboxylic acids is 1. The maximum Gasteiger partial charge on any atom is 0.343 e. The highest BCUT2D eigenvalue weighted by Gasteiger charge is 2.38. The SMILES string of the molecule is C=C(COC(c1ccccc1)(c1ccccc1)c1ccccc1)c1cc2c(cc1F)c(=O)c(C(=O)OCC)cn2-c1ccc(F)cc1F. The van der Waals surface area contributed by atoms with Crippen molar-refractivity contribution < 1.29 is 27.4 Å². The second-order valence-corrected chi connectivity index (χ2v) is 11.1. The number of halogens is 3. The Hall–Kier alpha value is -5.73. The van der Waals surface area contributed by atoms with Crippen molar-refractivity contribution in [1.29, 1.82) is 0 Å². The second kappa shape index (κ2) is 13.6. The van der Waals surface area contributed by atoms with Crippen molar-refractivity contribution in [3.05, 3.63) is 190 Å². The average Bonchev–Trinajstić information content (AvgIpc) is 3.10. The van der Waals surface area contributed by atoms with Crippen molar-refractivity contribution in [3.63, 3.8) is 0 Å². The summed E-state index contributed by atoms with van der Waals surface area (Å²) in [7, 11) is 0. The molecule has 240 valence electrons. The molecule has 0 radical (unpaired) electrons. The number of hydrogen-bond acceptors (Lipinski definition) is 4. The van der Waals surface area contributed by atoms with Crippen molar-refractivity contribution in [2.45, 2.75) is 12.5 Å². The first kappa shape index (κ1) is 32.2. The van der Waals surface area contributed by atoms with Gasteiger partial charge in [0.25, 0.3) is 0 Å². The highest BCUT2D eigenvalue weighted by atomic mass is 19.1. The van der Waals surface area contributed by atoms with Crippen LogP contribution in [0, 0.1) is 17.5 Å². The fourth-order valence-corrected chi connectivity index (χ4v) is 5.89. The van der Waals surface area contributed by atoms with E-state index in [1.165, 1.54) is 16.7 Å². The van der Waals surface area contributed by atoms with Crippen LogP contribution in [0.3, 0.4) is 0 Å². The molecule has 8 heteroatoms. The zero-order chi connectivity index (χ0) is 33.8. The Bertz CT molecular complexity index is 2090. The largest absolute Gasteiger partial charge is 0.462 e. The molecule has 0 spiro atoms. The summed E-state index contributed by atoms with van der Waals surface area (Å²) in [4.78, 5) is 26.2. The van der Waals surface area contributed by atoms with Gasteiger partial charge < -0.3 is 14.0 Å². The minimum absolute atomic E-state index is 0.00476. The molecule has 6 rings (SSSR count). The molecule has 0 N–H and O–H groups in total. The molecule has 1 heterocycles. The van der Waals surface area contributed by atoms with Gasteiger partial charge in [0, 0.05) is 23.2 Å². The Balaban J connectivity index is 1.49. The number of pyridine rings is 1. The van der Waals surface area contributed by atoms with Crippen LogP contribution in [-0.4, -0.2) is 23.8 Å². The Morgan fingerprint density at radius 3 is 1.83 bits per heavy atom. The van der Waals surface area contributed by atoms with Crippen LogP contribution in [0.5, 0.6) is 0 Å². The van der Waals surface area contributed by atoms with Gasteiger partial charge in [-0.1, -0.05) is 97.6 Å². The molecule has 0 bridgehead atoms. The van der Waals surface area contributed by atoms with Gasteiger partial charge in [-0.3, -0.25) is 4.79 Å². The lowest BCUT2D eigenvalue weighted by Crippen LogP contribution is -2.33. The molecule has 48 heavy (non-hydrogen) atoms. The smallest absolute Gasteiger partial charge is 0.343 e. The number of fused-ring (bicyclic) bond motifs is 1. The highest BCUT2D eigenvalue weighted by Crippen LogP contribution is 2.41. The number of aromatic nitrogens is 1. The second-order valence-electron chi connectivity index (χ2n) is 11.1. The van der Waals surface area contributed by atoms with Gasteiger partial charge in [0.15, 0.2) is 0 Å². The number of nitrogens with zero attached hydrogens (tertiary/aromatic N) is 1.